The molecule has 0 aliphatic carbocycles. The van der Waals surface area contributed by atoms with Crippen LogP contribution in [0, 0.1) is 0 Å². The first-order valence-electron chi connectivity index (χ1n) is 4.01. The number of hydrogen-bond donors (Lipinski definition) is 2. The van der Waals surface area contributed by atoms with Crippen molar-refractivity contribution in [1.29, 1.82) is 0 Å². The number of hydrogen-bond acceptors (Lipinski definition) is 3. The van der Waals surface area contributed by atoms with E-state index in [9.17, 15) is 0 Å². The van der Waals surface area contributed by atoms with Gasteiger partial charge in [-0.25, -0.2) is 0 Å². The van der Waals surface area contributed by atoms with Gasteiger partial charge in [0.25, 0.3) is 0 Å². The molecule has 0 unspecified atom stereocenters. The van der Waals surface area contributed by atoms with Crippen LogP contribution in [-0.4, -0.2) is 17.6 Å². The van der Waals surface area contributed by atoms with Crippen LogP contribution in [0.15, 0.2) is 18.2 Å². The number of aromatic hydroxyl groups is 1. The Bertz CT molecular complexity index is 278. The van der Waals surface area contributed by atoms with Crippen molar-refractivity contribution in [3.8, 4) is 11.5 Å². The second kappa shape index (κ2) is 4.82. The minimum absolute atomic E-state index is 0.148. The summed E-state index contributed by atoms with van der Waals surface area (Å²) in [6.45, 7) is 0.511. The van der Waals surface area contributed by atoms with Crippen molar-refractivity contribution in [1.82, 2.24) is 0 Å². The third-order valence-electron chi connectivity index (χ3n) is 1.53. The van der Waals surface area contributed by atoms with Gasteiger partial charge in [0.05, 0.1) is 12.3 Å². The molecule has 3 nitrogen and oxygen atoms in total. The highest BCUT2D eigenvalue weighted by molar-refractivity contribution is 6.17. The summed E-state index contributed by atoms with van der Waals surface area (Å²) in [4.78, 5) is 0. The summed E-state index contributed by atoms with van der Waals surface area (Å²) in [6, 6.07) is 4.61. The van der Waals surface area contributed by atoms with E-state index in [4.69, 9.17) is 27.2 Å². The number of alkyl halides is 1. The zero-order valence-electron chi connectivity index (χ0n) is 7.16. The molecule has 1 rings (SSSR count). The SMILES string of the molecule is Nc1ccc(O)cc1OCCCCl. The van der Waals surface area contributed by atoms with Gasteiger partial charge in [-0.15, -0.1) is 11.6 Å². The van der Waals surface area contributed by atoms with Crippen molar-refractivity contribution in [3.63, 3.8) is 0 Å². The molecule has 0 aliphatic heterocycles. The first-order valence-corrected chi connectivity index (χ1v) is 4.54. The van der Waals surface area contributed by atoms with Crippen molar-refractivity contribution in [2.45, 2.75) is 6.42 Å². The molecule has 0 spiro atoms. The van der Waals surface area contributed by atoms with Gasteiger partial charge < -0.3 is 15.6 Å². The molecule has 0 aromatic heterocycles. The lowest BCUT2D eigenvalue weighted by Crippen LogP contribution is -2.00. The van der Waals surface area contributed by atoms with E-state index in [1.165, 1.54) is 12.1 Å². The van der Waals surface area contributed by atoms with Crippen LogP contribution in [0.5, 0.6) is 11.5 Å². The Morgan fingerprint density at radius 2 is 2.23 bits per heavy atom. The van der Waals surface area contributed by atoms with Crippen molar-refractivity contribution in [2.75, 3.05) is 18.2 Å². The molecule has 0 aliphatic rings. The van der Waals surface area contributed by atoms with Crippen LogP contribution >= 0.6 is 11.6 Å². The van der Waals surface area contributed by atoms with E-state index in [1.54, 1.807) is 6.07 Å². The Kier molecular flexibility index (Phi) is 3.71. The molecule has 4 heteroatoms. The summed E-state index contributed by atoms with van der Waals surface area (Å²) in [5.41, 5.74) is 6.12. The summed E-state index contributed by atoms with van der Waals surface area (Å²) in [5.74, 6) is 1.21. The number of nitrogen functional groups attached to an aromatic ring is 1. The first kappa shape index (κ1) is 9.99. The number of halogens is 1. The lowest BCUT2D eigenvalue weighted by molar-refractivity contribution is 0.318. The molecule has 1 aromatic carbocycles. The van der Waals surface area contributed by atoms with Crippen LogP contribution < -0.4 is 10.5 Å². The Morgan fingerprint density at radius 3 is 2.92 bits per heavy atom. The zero-order chi connectivity index (χ0) is 9.68. The molecule has 3 N–H and O–H groups in total. The molecular weight excluding hydrogens is 190 g/mol. The molecule has 72 valence electrons. The third-order valence-corrected chi connectivity index (χ3v) is 1.80. The molecule has 1 aromatic rings. The molecule has 0 atom stereocenters. The summed E-state index contributed by atoms with van der Waals surface area (Å²) >= 11 is 5.48. The van der Waals surface area contributed by atoms with Gasteiger partial charge in [-0.2, -0.15) is 0 Å². The van der Waals surface area contributed by atoms with Crippen LogP contribution in [0.3, 0.4) is 0 Å². The minimum Gasteiger partial charge on any atom is -0.508 e. The molecule has 0 heterocycles. The van der Waals surface area contributed by atoms with Gasteiger partial charge in [0.2, 0.25) is 0 Å². The quantitative estimate of drug-likeness (QED) is 0.339. The van der Waals surface area contributed by atoms with Gasteiger partial charge in [0.15, 0.2) is 0 Å². The number of ether oxygens (including phenoxy) is 1. The Labute approximate surface area is 82.1 Å². The third kappa shape index (κ3) is 3.03. The lowest BCUT2D eigenvalue weighted by atomic mass is 10.3. The maximum absolute atomic E-state index is 9.13. The van der Waals surface area contributed by atoms with Crippen LogP contribution in [-0.2, 0) is 0 Å². The van der Waals surface area contributed by atoms with Gasteiger partial charge in [-0.05, 0) is 18.6 Å². The van der Waals surface area contributed by atoms with Crippen LogP contribution in [0.2, 0.25) is 0 Å². The average Bonchev–Trinajstić information content (AvgIpc) is 2.11. The predicted octanol–water partition coefficient (Wildman–Crippen LogP) is 1.98. The molecule has 0 saturated heterocycles. The molecule has 0 saturated carbocycles. The lowest BCUT2D eigenvalue weighted by Gasteiger charge is -2.07. The second-order valence-electron chi connectivity index (χ2n) is 2.61. The highest BCUT2D eigenvalue weighted by Crippen LogP contribution is 2.25. The highest BCUT2D eigenvalue weighted by Gasteiger charge is 2.00. The number of nitrogens with two attached hydrogens (primary N) is 1. The molecule has 0 amide bonds. The molecule has 0 fully saturated rings. The highest BCUT2D eigenvalue weighted by atomic mass is 35.5. The van der Waals surface area contributed by atoms with Crippen LogP contribution in [0.1, 0.15) is 6.42 Å². The van der Waals surface area contributed by atoms with E-state index in [0.717, 1.165) is 6.42 Å². The predicted molar refractivity (Wildman–Crippen MR) is 53.4 cm³/mol. The monoisotopic (exact) mass is 201 g/mol. The molecule has 0 radical (unpaired) electrons. The van der Waals surface area contributed by atoms with E-state index in [0.29, 0.717) is 23.9 Å². The van der Waals surface area contributed by atoms with E-state index in [-0.39, 0.29) is 5.75 Å². The van der Waals surface area contributed by atoms with Crippen LogP contribution in [0.4, 0.5) is 5.69 Å². The first-order chi connectivity index (χ1) is 6.24. The fourth-order valence-corrected chi connectivity index (χ4v) is 0.994. The van der Waals surface area contributed by atoms with Gasteiger partial charge in [-0.3, -0.25) is 0 Å². The Balaban J connectivity index is 2.59. The summed E-state index contributed by atoms with van der Waals surface area (Å²) in [6.07, 6.45) is 0.761. The largest absolute Gasteiger partial charge is 0.508 e. The van der Waals surface area contributed by atoms with Crippen molar-refractivity contribution in [3.05, 3.63) is 18.2 Å². The fraction of sp³-hybridized carbons (Fsp3) is 0.333. The number of benzene rings is 1. The number of phenolic OH excluding ortho intramolecular Hbond substituents is 1. The second-order valence-corrected chi connectivity index (χ2v) is 2.99. The van der Waals surface area contributed by atoms with Crippen molar-refractivity contribution in [2.24, 2.45) is 0 Å². The fourth-order valence-electron chi connectivity index (χ4n) is 0.885. The van der Waals surface area contributed by atoms with Crippen molar-refractivity contribution < 1.29 is 9.84 Å². The summed E-state index contributed by atoms with van der Waals surface area (Å²) in [5, 5.41) is 9.13. The average molecular weight is 202 g/mol. The zero-order valence-corrected chi connectivity index (χ0v) is 7.92. The summed E-state index contributed by atoms with van der Waals surface area (Å²) in [7, 11) is 0. The normalized spacial score (nSPS) is 9.92. The number of rotatable bonds is 4. The molecule has 0 bridgehead atoms. The van der Waals surface area contributed by atoms with E-state index >= 15 is 0 Å². The topological polar surface area (TPSA) is 55.5 Å². The van der Waals surface area contributed by atoms with E-state index in [2.05, 4.69) is 0 Å². The van der Waals surface area contributed by atoms with E-state index < -0.39 is 0 Å². The van der Waals surface area contributed by atoms with Gasteiger partial charge in [0, 0.05) is 11.9 Å². The maximum Gasteiger partial charge on any atom is 0.145 e. The molecular formula is C9H12ClNO2. The van der Waals surface area contributed by atoms with Gasteiger partial charge >= 0.3 is 0 Å². The van der Waals surface area contributed by atoms with E-state index in [1.807, 2.05) is 0 Å². The number of phenols is 1. The standard InChI is InChI=1S/C9H12ClNO2/c10-4-1-5-13-9-6-7(12)2-3-8(9)11/h2-3,6,12H,1,4-5,11H2. The Morgan fingerprint density at radius 1 is 1.46 bits per heavy atom. The van der Waals surface area contributed by atoms with Crippen molar-refractivity contribution >= 4 is 17.3 Å². The molecule has 13 heavy (non-hydrogen) atoms. The minimum atomic E-state index is 0.148. The van der Waals surface area contributed by atoms with Gasteiger partial charge in [0.1, 0.15) is 11.5 Å². The Hall–Kier alpha value is -1.09. The van der Waals surface area contributed by atoms with Gasteiger partial charge in [-0.1, -0.05) is 0 Å². The number of anilines is 1. The van der Waals surface area contributed by atoms with Crippen LogP contribution in [0.25, 0.3) is 0 Å². The smallest absolute Gasteiger partial charge is 0.145 e. The summed E-state index contributed by atoms with van der Waals surface area (Å²) < 4.78 is 5.29. The maximum atomic E-state index is 9.13.